The number of amides is 1. The van der Waals surface area contributed by atoms with Gasteiger partial charge in [0.05, 0.1) is 6.04 Å². The lowest BCUT2D eigenvalue weighted by Crippen LogP contribution is -2.41. The molecule has 0 bridgehead atoms. The molecule has 0 radical (unpaired) electrons. The van der Waals surface area contributed by atoms with Crippen LogP contribution in [0.1, 0.15) is 19.3 Å². The molecule has 2 aliphatic heterocycles. The fourth-order valence-corrected chi connectivity index (χ4v) is 2.36. The van der Waals surface area contributed by atoms with E-state index in [-0.39, 0.29) is 11.9 Å². The molecular weight excluding hydrogens is 192 g/mol. The van der Waals surface area contributed by atoms with Gasteiger partial charge >= 0.3 is 0 Å². The maximum absolute atomic E-state index is 11.8. The zero-order valence-corrected chi connectivity index (χ0v) is 8.95. The SMILES string of the molecule is C=CN[C@@H]1CC(=O)N(C2CCOCC2)C1. The number of rotatable bonds is 3. The standard InChI is InChI=1S/C11H18N2O2/c1-2-12-9-7-11(14)13(8-9)10-3-5-15-6-4-10/h2,9-10,12H,1,3-8H2/t9-/m1/s1. The predicted octanol–water partition coefficient (Wildman–Crippen LogP) is 0.499. The molecule has 0 spiro atoms. The number of carbonyl (C=O) groups is 1. The normalized spacial score (nSPS) is 28.1. The zero-order valence-electron chi connectivity index (χ0n) is 8.95. The van der Waals surface area contributed by atoms with Crippen molar-refractivity contribution < 1.29 is 9.53 Å². The third kappa shape index (κ3) is 2.31. The lowest BCUT2D eigenvalue weighted by Gasteiger charge is -2.31. The van der Waals surface area contributed by atoms with Gasteiger partial charge in [0.2, 0.25) is 5.91 Å². The summed E-state index contributed by atoms with van der Waals surface area (Å²) in [6, 6.07) is 0.640. The van der Waals surface area contributed by atoms with Crippen LogP contribution in [0.5, 0.6) is 0 Å². The molecule has 2 aliphatic rings. The third-order valence-electron chi connectivity index (χ3n) is 3.14. The summed E-state index contributed by atoms with van der Waals surface area (Å²) in [7, 11) is 0. The Morgan fingerprint density at radius 3 is 2.87 bits per heavy atom. The minimum Gasteiger partial charge on any atom is -0.386 e. The van der Waals surface area contributed by atoms with Crippen molar-refractivity contribution in [2.24, 2.45) is 0 Å². The Morgan fingerprint density at radius 1 is 1.47 bits per heavy atom. The topological polar surface area (TPSA) is 41.6 Å². The van der Waals surface area contributed by atoms with Gasteiger partial charge in [-0.3, -0.25) is 4.79 Å². The second kappa shape index (κ2) is 4.66. The molecule has 2 heterocycles. The van der Waals surface area contributed by atoms with E-state index in [4.69, 9.17) is 4.74 Å². The Morgan fingerprint density at radius 2 is 2.20 bits per heavy atom. The quantitative estimate of drug-likeness (QED) is 0.737. The van der Waals surface area contributed by atoms with Crippen LogP contribution in [0.15, 0.2) is 12.8 Å². The second-order valence-electron chi connectivity index (χ2n) is 4.16. The summed E-state index contributed by atoms with van der Waals surface area (Å²) in [4.78, 5) is 13.8. The monoisotopic (exact) mass is 210 g/mol. The number of hydrogen-bond donors (Lipinski definition) is 1. The highest BCUT2D eigenvalue weighted by molar-refractivity contribution is 5.79. The van der Waals surface area contributed by atoms with Crippen molar-refractivity contribution in [1.29, 1.82) is 0 Å². The minimum absolute atomic E-state index is 0.248. The summed E-state index contributed by atoms with van der Waals surface area (Å²) in [5.74, 6) is 0.265. The number of nitrogens with one attached hydrogen (secondary N) is 1. The molecule has 1 atom stereocenters. The summed E-state index contributed by atoms with van der Waals surface area (Å²) < 4.78 is 5.30. The predicted molar refractivity (Wildman–Crippen MR) is 57.3 cm³/mol. The van der Waals surface area contributed by atoms with Crippen molar-refractivity contribution in [2.75, 3.05) is 19.8 Å². The van der Waals surface area contributed by atoms with Crippen LogP contribution in [-0.2, 0) is 9.53 Å². The first-order valence-electron chi connectivity index (χ1n) is 5.55. The molecule has 2 fully saturated rings. The first kappa shape index (κ1) is 10.5. The molecule has 2 saturated heterocycles. The minimum atomic E-state index is 0.248. The van der Waals surface area contributed by atoms with E-state index in [2.05, 4.69) is 11.9 Å². The van der Waals surface area contributed by atoms with Gasteiger partial charge in [-0.15, -0.1) is 0 Å². The van der Waals surface area contributed by atoms with Crippen molar-refractivity contribution in [2.45, 2.75) is 31.3 Å². The number of carbonyl (C=O) groups excluding carboxylic acids is 1. The fraction of sp³-hybridized carbons (Fsp3) is 0.727. The Hall–Kier alpha value is -1.03. The lowest BCUT2D eigenvalue weighted by molar-refractivity contribution is -0.131. The van der Waals surface area contributed by atoms with Crippen molar-refractivity contribution in [3.8, 4) is 0 Å². The van der Waals surface area contributed by atoms with Gasteiger partial charge in [0, 0.05) is 32.2 Å². The second-order valence-corrected chi connectivity index (χ2v) is 4.16. The first-order chi connectivity index (χ1) is 7.31. The maximum atomic E-state index is 11.8. The molecule has 0 aromatic rings. The molecular formula is C11H18N2O2. The van der Waals surface area contributed by atoms with Gasteiger partial charge in [-0.2, -0.15) is 0 Å². The van der Waals surface area contributed by atoms with E-state index in [1.807, 2.05) is 4.90 Å². The van der Waals surface area contributed by atoms with Crippen LogP contribution in [0.25, 0.3) is 0 Å². The molecule has 0 saturated carbocycles. The number of likely N-dealkylation sites (tertiary alicyclic amines) is 1. The lowest BCUT2D eigenvalue weighted by atomic mass is 10.1. The molecule has 0 aliphatic carbocycles. The number of hydrogen-bond acceptors (Lipinski definition) is 3. The molecule has 4 heteroatoms. The first-order valence-corrected chi connectivity index (χ1v) is 5.55. The molecule has 0 aromatic carbocycles. The third-order valence-corrected chi connectivity index (χ3v) is 3.14. The molecule has 0 aromatic heterocycles. The highest BCUT2D eigenvalue weighted by atomic mass is 16.5. The molecule has 2 rings (SSSR count). The summed E-state index contributed by atoms with van der Waals surface area (Å²) >= 11 is 0. The van der Waals surface area contributed by atoms with E-state index in [1.54, 1.807) is 6.20 Å². The summed E-state index contributed by atoms with van der Waals surface area (Å²) in [6.07, 6.45) is 4.23. The van der Waals surface area contributed by atoms with Crippen LogP contribution in [0.4, 0.5) is 0 Å². The largest absolute Gasteiger partial charge is 0.386 e. The summed E-state index contributed by atoms with van der Waals surface area (Å²) in [6.45, 7) is 6.01. The molecule has 4 nitrogen and oxygen atoms in total. The average molecular weight is 210 g/mol. The van der Waals surface area contributed by atoms with E-state index in [1.165, 1.54) is 0 Å². The van der Waals surface area contributed by atoms with E-state index in [9.17, 15) is 4.79 Å². The average Bonchev–Trinajstić information content (AvgIpc) is 2.61. The Labute approximate surface area is 90.3 Å². The van der Waals surface area contributed by atoms with Crippen molar-refractivity contribution in [3.63, 3.8) is 0 Å². The Bertz CT molecular complexity index is 249. The fourth-order valence-electron chi connectivity index (χ4n) is 2.36. The van der Waals surface area contributed by atoms with E-state index >= 15 is 0 Å². The van der Waals surface area contributed by atoms with E-state index in [0.29, 0.717) is 12.5 Å². The smallest absolute Gasteiger partial charge is 0.225 e. The Kier molecular flexibility index (Phi) is 3.26. The van der Waals surface area contributed by atoms with Gasteiger partial charge in [0.15, 0.2) is 0 Å². The van der Waals surface area contributed by atoms with E-state index in [0.717, 1.165) is 32.6 Å². The van der Waals surface area contributed by atoms with Crippen LogP contribution in [0, 0.1) is 0 Å². The summed E-state index contributed by atoms with van der Waals surface area (Å²) in [5.41, 5.74) is 0. The van der Waals surface area contributed by atoms with Gasteiger partial charge in [-0.05, 0) is 19.0 Å². The summed E-state index contributed by atoms with van der Waals surface area (Å²) in [5, 5.41) is 3.11. The van der Waals surface area contributed by atoms with Crippen LogP contribution in [-0.4, -0.2) is 42.6 Å². The maximum Gasteiger partial charge on any atom is 0.225 e. The highest BCUT2D eigenvalue weighted by Gasteiger charge is 2.34. The van der Waals surface area contributed by atoms with Crippen LogP contribution in [0.3, 0.4) is 0 Å². The number of nitrogens with zero attached hydrogens (tertiary/aromatic N) is 1. The van der Waals surface area contributed by atoms with Crippen LogP contribution in [0.2, 0.25) is 0 Å². The van der Waals surface area contributed by atoms with Gasteiger partial charge in [-0.1, -0.05) is 6.58 Å². The molecule has 1 N–H and O–H groups in total. The van der Waals surface area contributed by atoms with Crippen molar-refractivity contribution in [1.82, 2.24) is 10.2 Å². The van der Waals surface area contributed by atoms with Gasteiger partial charge in [-0.25, -0.2) is 0 Å². The number of ether oxygens (including phenoxy) is 1. The molecule has 15 heavy (non-hydrogen) atoms. The Balaban J connectivity index is 1.91. The van der Waals surface area contributed by atoms with E-state index < -0.39 is 0 Å². The highest BCUT2D eigenvalue weighted by Crippen LogP contribution is 2.21. The molecule has 1 amide bonds. The van der Waals surface area contributed by atoms with Crippen LogP contribution < -0.4 is 5.32 Å². The van der Waals surface area contributed by atoms with Crippen molar-refractivity contribution in [3.05, 3.63) is 12.8 Å². The van der Waals surface area contributed by atoms with Gasteiger partial charge < -0.3 is 15.0 Å². The molecule has 84 valence electrons. The van der Waals surface area contributed by atoms with Gasteiger partial charge in [0.25, 0.3) is 0 Å². The zero-order chi connectivity index (χ0) is 10.7. The van der Waals surface area contributed by atoms with Crippen LogP contribution >= 0.6 is 0 Å². The van der Waals surface area contributed by atoms with Crippen molar-refractivity contribution >= 4 is 5.91 Å². The molecule has 0 unspecified atom stereocenters. The van der Waals surface area contributed by atoms with Gasteiger partial charge in [0.1, 0.15) is 0 Å².